The number of aromatic nitrogens is 1. The number of halogens is 3. The average molecular weight is 388 g/mol. The zero-order chi connectivity index (χ0) is 15.2. The summed E-state index contributed by atoms with van der Waals surface area (Å²) in [4.78, 5) is 4.43. The Kier molecular flexibility index (Phi) is 6.49. The van der Waals surface area contributed by atoms with E-state index in [1.807, 2.05) is 30.3 Å². The summed E-state index contributed by atoms with van der Waals surface area (Å²) in [6, 6.07) is 9.70. The van der Waals surface area contributed by atoms with E-state index in [0.29, 0.717) is 5.02 Å². The molecule has 5 heteroatoms. The summed E-state index contributed by atoms with van der Waals surface area (Å²) in [6.45, 7) is 3.04. The van der Waals surface area contributed by atoms with Crippen molar-refractivity contribution in [1.29, 1.82) is 0 Å². The second kappa shape index (κ2) is 8.14. The summed E-state index contributed by atoms with van der Waals surface area (Å²) in [5.41, 5.74) is 1.95. The molecule has 0 spiro atoms. The molecule has 0 amide bonds. The third kappa shape index (κ3) is 4.68. The summed E-state index contributed by atoms with van der Waals surface area (Å²) in [5.74, 6) is 0. The third-order valence-corrected chi connectivity index (χ3v) is 4.36. The smallest absolute Gasteiger partial charge is 0.0762 e. The Hall–Kier alpha value is -0.610. The van der Waals surface area contributed by atoms with Crippen LogP contribution in [0.4, 0.5) is 0 Å². The lowest BCUT2D eigenvalue weighted by Gasteiger charge is -2.20. The Bertz CT molecular complexity index is 605. The van der Waals surface area contributed by atoms with Gasteiger partial charge in [0.15, 0.2) is 0 Å². The first-order valence-corrected chi connectivity index (χ1v) is 8.44. The summed E-state index contributed by atoms with van der Waals surface area (Å²) >= 11 is 16.0. The maximum absolute atomic E-state index is 6.32. The molecule has 2 aromatic rings. The van der Waals surface area contributed by atoms with Crippen LogP contribution in [0.5, 0.6) is 0 Å². The lowest BCUT2D eigenvalue weighted by atomic mass is 10.0. The van der Waals surface area contributed by atoms with E-state index in [2.05, 4.69) is 33.2 Å². The molecule has 1 N–H and O–H groups in total. The highest BCUT2D eigenvalue weighted by atomic mass is 79.9. The minimum Gasteiger partial charge on any atom is -0.308 e. The molecule has 21 heavy (non-hydrogen) atoms. The Morgan fingerprint density at radius 3 is 2.71 bits per heavy atom. The fourth-order valence-corrected chi connectivity index (χ4v) is 3.15. The van der Waals surface area contributed by atoms with Gasteiger partial charge in [-0.1, -0.05) is 52.1 Å². The molecule has 0 aliphatic rings. The van der Waals surface area contributed by atoms with Gasteiger partial charge in [-0.2, -0.15) is 0 Å². The highest BCUT2D eigenvalue weighted by Gasteiger charge is 2.17. The fourth-order valence-electron chi connectivity index (χ4n) is 2.15. The van der Waals surface area contributed by atoms with Gasteiger partial charge in [-0.25, -0.2) is 0 Å². The van der Waals surface area contributed by atoms with E-state index in [4.69, 9.17) is 23.2 Å². The van der Waals surface area contributed by atoms with Crippen molar-refractivity contribution in [2.24, 2.45) is 0 Å². The van der Waals surface area contributed by atoms with Crippen molar-refractivity contribution in [3.05, 3.63) is 62.3 Å². The van der Waals surface area contributed by atoms with Crippen LogP contribution in [0.2, 0.25) is 10.0 Å². The van der Waals surface area contributed by atoms with E-state index in [-0.39, 0.29) is 6.04 Å². The molecule has 0 saturated carbocycles. The number of pyridine rings is 1. The number of hydrogen-bond donors (Lipinski definition) is 1. The van der Waals surface area contributed by atoms with Gasteiger partial charge in [0.05, 0.1) is 16.8 Å². The molecule has 112 valence electrons. The van der Waals surface area contributed by atoms with Crippen LogP contribution < -0.4 is 5.32 Å². The Morgan fingerprint density at radius 1 is 1.24 bits per heavy atom. The van der Waals surface area contributed by atoms with Gasteiger partial charge in [0, 0.05) is 15.7 Å². The van der Waals surface area contributed by atoms with Crippen LogP contribution in [0.15, 0.2) is 41.0 Å². The van der Waals surface area contributed by atoms with Crippen LogP contribution in [-0.4, -0.2) is 11.5 Å². The van der Waals surface area contributed by atoms with Crippen molar-refractivity contribution in [3.8, 4) is 0 Å². The number of benzene rings is 1. The summed E-state index contributed by atoms with van der Waals surface area (Å²) in [7, 11) is 0. The maximum atomic E-state index is 6.32. The van der Waals surface area contributed by atoms with Crippen molar-refractivity contribution < 1.29 is 0 Å². The molecule has 0 fully saturated rings. The molecule has 0 radical (unpaired) electrons. The summed E-state index contributed by atoms with van der Waals surface area (Å²) in [6.07, 6.45) is 3.57. The van der Waals surface area contributed by atoms with E-state index in [1.54, 1.807) is 6.20 Å². The van der Waals surface area contributed by atoms with Gasteiger partial charge in [-0.15, -0.1) is 0 Å². The molecule has 0 aliphatic carbocycles. The zero-order valence-corrected chi connectivity index (χ0v) is 14.8. The molecule has 0 bridgehead atoms. The zero-order valence-electron chi connectivity index (χ0n) is 11.7. The number of nitrogens with one attached hydrogen (secondary N) is 1. The van der Waals surface area contributed by atoms with Gasteiger partial charge in [0.25, 0.3) is 0 Å². The standard InChI is InChI=1S/C16H17BrCl2N2/c1-2-7-20-15(16-13(18)4-3-8-21-16)9-11-5-6-12(17)10-14(11)19/h3-6,8,10,15,20H,2,7,9H2,1H3. The van der Waals surface area contributed by atoms with Crippen molar-refractivity contribution in [2.45, 2.75) is 25.8 Å². The topological polar surface area (TPSA) is 24.9 Å². The van der Waals surface area contributed by atoms with Crippen LogP contribution in [0.3, 0.4) is 0 Å². The van der Waals surface area contributed by atoms with E-state index in [1.165, 1.54) is 0 Å². The minimum absolute atomic E-state index is 0.0531. The lowest BCUT2D eigenvalue weighted by Crippen LogP contribution is -2.25. The average Bonchev–Trinajstić information content (AvgIpc) is 2.46. The summed E-state index contributed by atoms with van der Waals surface area (Å²) < 4.78 is 0.977. The van der Waals surface area contributed by atoms with Gasteiger partial charge in [-0.3, -0.25) is 4.98 Å². The largest absolute Gasteiger partial charge is 0.308 e. The molecular formula is C16H17BrCl2N2. The van der Waals surface area contributed by atoms with E-state index >= 15 is 0 Å². The van der Waals surface area contributed by atoms with Crippen LogP contribution >= 0.6 is 39.1 Å². The second-order valence-corrected chi connectivity index (χ2v) is 6.55. The molecule has 1 aromatic carbocycles. The first kappa shape index (κ1) is 16.8. The molecular weight excluding hydrogens is 371 g/mol. The monoisotopic (exact) mass is 386 g/mol. The normalized spacial score (nSPS) is 12.4. The van der Waals surface area contributed by atoms with Crippen molar-refractivity contribution in [2.75, 3.05) is 6.54 Å². The number of nitrogens with zero attached hydrogens (tertiary/aromatic N) is 1. The molecule has 1 unspecified atom stereocenters. The predicted molar refractivity (Wildman–Crippen MR) is 93.1 cm³/mol. The molecule has 0 aliphatic heterocycles. The molecule has 2 rings (SSSR count). The molecule has 1 aromatic heterocycles. The lowest BCUT2D eigenvalue weighted by molar-refractivity contribution is 0.518. The van der Waals surface area contributed by atoms with Gasteiger partial charge in [0.2, 0.25) is 0 Å². The first-order valence-electron chi connectivity index (χ1n) is 6.89. The Morgan fingerprint density at radius 2 is 2.05 bits per heavy atom. The molecule has 2 nitrogen and oxygen atoms in total. The van der Waals surface area contributed by atoms with E-state index in [9.17, 15) is 0 Å². The van der Waals surface area contributed by atoms with Crippen molar-refractivity contribution in [3.63, 3.8) is 0 Å². The third-order valence-electron chi connectivity index (χ3n) is 3.20. The van der Waals surface area contributed by atoms with Gasteiger partial charge >= 0.3 is 0 Å². The van der Waals surface area contributed by atoms with Gasteiger partial charge < -0.3 is 5.32 Å². The fraction of sp³-hybridized carbons (Fsp3) is 0.312. The molecule has 1 atom stereocenters. The molecule has 1 heterocycles. The SMILES string of the molecule is CCCNC(Cc1ccc(Br)cc1Cl)c1ncccc1Cl. The minimum atomic E-state index is 0.0531. The second-order valence-electron chi connectivity index (χ2n) is 4.82. The van der Waals surface area contributed by atoms with E-state index < -0.39 is 0 Å². The highest BCUT2D eigenvalue weighted by molar-refractivity contribution is 9.10. The number of hydrogen-bond acceptors (Lipinski definition) is 2. The number of rotatable bonds is 6. The van der Waals surface area contributed by atoms with Crippen LogP contribution in [0, 0.1) is 0 Å². The Labute approximate surface area is 144 Å². The van der Waals surface area contributed by atoms with Crippen molar-refractivity contribution >= 4 is 39.1 Å². The van der Waals surface area contributed by atoms with E-state index in [0.717, 1.165) is 40.1 Å². The maximum Gasteiger partial charge on any atom is 0.0762 e. The Balaban J connectivity index is 2.26. The van der Waals surface area contributed by atoms with Gasteiger partial charge in [-0.05, 0) is 49.2 Å². The van der Waals surface area contributed by atoms with Crippen LogP contribution in [-0.2, 0) is 6.42 Å². The summed E-state index contributed by atoms with van der Waals surface area (Å²) in [5, 5.41) is 4.93. The van der Waals surface area contributed by atoms with Crippen LogP contribution in [0.25, 0.3) is 0 Å². The highest BCUT2D eigenvalue weighted by Crippen LogP contribution is 2.28. The molecule has 0 saturated heterocycles. The van der Waals surface area contributed by atoms with Gasteiger partial charge in [0.1, 0.15) is 0 Å². The van der Waals surface area contributed by atoms with Crippen molar-refractivity contribution in [1.82, 2.24) is 10.3 Å². The first-order chi connectivity index (χ1) is 10.1. The van der Waals surface area contributed by atoms with Crippen LogP contribution in [0.1, 0.15) is 30.6 Å². The predicted octanol–water partition coefficient (Wildman–Crippen LogP) is 5.43. The quantitative estimate of drug-likeness (QED) is 0.714.